The van der Waals surface area contributed by atoms with Crippen molar-refractivity contribution < 1.29 is 14.3 Å². The molecule has 27 heavy (non-hydrogen) atoms. The minimum atomic E-state index is -0.336. The number of aryl methyl sites for hydroxylation is 1. The molecular weight excluding hydrogens is 340 g/mol. The summed E-state index contributed by atoms with van der Waals surface area (Å²) in [5.41, 5.74) is 4.01. The monoisotopic (exact) mass is 368 g/mol. The number of fused-ring (bicyclic) bond motifs is 4. The minimum absolute atomic E-state index is 0.0307. The first-order valence-corrected chi connectivity index (χ1v) is 10.4. The number of ether oxygens (including phenoxy) is 2. The molecule has 5 nitrogen and oxygen atoms in total. The zero-order chi connectivity index (χ0) is 18.6. The molecule has 3 aliphatic rings. The molecule has 1 spiro atoms. The van der Waals surface area contributed by atoms with Crippen molar-refractivity contribution in [3.63, 3.8) is 0 Å². The summed E-state index contributed by atoms with van der Waals surface area (Å²) in [5, 5.41) is 5.40. The molecule has 5 rings (SSSR count). The molecule has 2 aliphatic carbocycles. The van der Waals surface area contributed by atoms with Gasteiger partial charge in [-0.3, -0.25) is 4.79 Å². The van der Waals surface area contributed by atoms with Gasteiger partial charge in [0.2, 0.25) is 5.91 Å². The number of carbonyl (C=O) groups excluding carboxylic acids is 1. The van der Waals surface area contributed by atoms with E-state index in [9.17, 15) is 4.79 Å². The minimum Gasteiger partial charge on any atom is -0.348 e. The average Bonchev–Trinajstić information content (AvgIpc) is 3.25. The third kappa shape index (κ3) is 2.51. The van der Waals surface area contributed by atoms with Gasteiger partial charge in [-0.2, -0.15) is 5.10 Å². The van der Waals surface area contributed by atoms with Crippen LogP contribution in [-0.2, 0) is 21.3 Å². The van der Waals surface area contributed by atoms with E-state index in [-0.39, 0.29) is 17.1 Å². The van der Waals surface area contributed by atoms with E-state index in [0.717, 1.165) is 56.2 Å². The van der Waals surface area contributed by atoms with Crippen LogP contribution in [0.1, 0.15) is 68.3 Å². The van der Waals surface area contributed by atoms with Crippen molar-refractivity contribution in [2.45, 2.75) is 70.0 Å². The van der Waals surface area contributed by atoms with Gasteiger partial charge >= 0.3 is 0 Å². The third-order valence-corrected chi connectivity index (χ3v) is 7.36. The smallest absolute Gasteiger partial charge is 0.244 e. The van der Waals surface area contributed by atoms with Crippen LogP contribution in [0.2, 0.25) is 0 Å². The van der Waals surface area contributed by atoms with Crippen molar-refractivity contribution in [1.82, 2.24) is 9.78 Å². The molecular formula is C22H28N2O3. The Labute approximate surface area is 160 Å². The third-order valence-electron chi connectivity index (χ3n) is 7.36. The van der Waals surface area contributed by atoms with Crippen LogP contribution in [-0.4, -0.2) is 34.7 Å². The quantitative estimate of drug-likeness (QED) is 0.756. The number of hydrogen-bond donors (Lipinski definition) is 0. The Kier molecular flexibility index (Phi) is 3.96. The number of rotatable bonds is 1. The van der Waals surface area contributed by atoms with Gasteiger partial charge in [-0.05, 0) is 66.7 Å². The first-order valence-electron chi connectivity index (χ1n) is 10.4. The van der Waals surface area contributed by atoms with Gasteiger partial charge in [-0.25, -0.2) is 4.68 Å². The fraction of sp³-hybridized carbons (Fsp3) is 0.636. The average molecular weight is 368 g/mol. The molecule has 1 aliphatic heterocycles. The molecule has 2 fully saturated rings. The maximum Gasteiger partial charge on any atom is 0.244 e. The predicted molar refractivity (Wildman–Crippen MR) is 103 cm³/mol. The van der Waals surface area contributed by atoms with Crippen molar-refractivity contribution in [3.05, 3.63) is 29.5 Å². The van der Waals surface area contributed by atoms with Gasteiger partial charge < -0.3 is 9.47 Å². The zero-order valence-corrected chi connectivity index (χ0v) is 16.3. The first-order chi connectivity index (χ1) is 13.1. The summed E-state index contributed by atoms with van der Waals surface area (Å²) in [5.74, 6) is 0.213. The van der Waals surface area contributed by atoms with E-state index in [1.54, 1.807) is 6.92 Å². The lowest BCUT2D eigenvalue weighted by Gasteiger charge is -2.49. The normalized spacial score (nSPS) is 29.5. The Balaban J connectivity index is 1.63. The second-order valence-corrected chi connectivity index (χ2v) is 8.55. The Morgan fingerprint density at radius 1 is 1.30 bits per heavy atom. The highest BCUT2D eigenvalue weighted by molar-refractivity contribution is 5.90. The van der Waals surface area contributed by atoms with Gasteiger partial charge in [0.25, 0.3) is 0 Å². The Bertz CT molecular complexity index is 896. The highest BCUT2D eigenvalue weighted by Crippen LogP contribution is 2.55. The summed E-state index contributed by atoms with van der Waals surface area (Å²) in [6.45, 7) is 5.37. The molecule has 1 aromatic heterocycles. The van der Waals surface area contributed by atoms with E-state index >= 15 is 0 Å². The molecule has 0 amide bonds. The fourth-order valence-corrected chi connectivity index (χ4v) is 6.02. The van der Waals surface area contributed by atoms with E-state index < -0.39 is 0 Å². The maximum absolute atomic E-state index is 11.9. The molecule has 1 saturated heterocycles. The number of nitrogens with zero attached hydrogens (tertiary/aromatic N) is 2. The summed E-state index contributed by atoms with van der Waals surface area (Å²) in [4.78, 5) is 11.9. The van der Waals surface area contributed by atoms with Crippen LogP contribution in [0, 0.1) is 5.92 Å². The van der Waals surface area contributed by atoms with Crippen LogP contribution >= 0.6 is 0 Å². The summed E-state index contributed by atoms with van der Waals surface area (Å²) in [7, 11) is 0. The highest BCUT2D eigenvalue weighted by atomic mass is 16.7. The van der Waals surface area contributed by atoms with Crippen LogP contribution in [0.5, 0.6) is 0 Å². The molecule has 1 unspecified atom stereocenters. The molecule has 0 N–H and O–H groups in total. The van der Waals surface area contributed by atoms with Crippen LogP contribution in [0.3, 0.4) is 0 Å². The van der Waals surface area contributed by atoms with Crippen LogP contribution in [0.4, 0.5) is 0 Å². The SMILES string of the molecule is CCC12CCC3(C[C@@H]1CCCc1cc4c(cnn4C(C)=O)cc12)OCCO3. The molecule has 2 atom stereocenters. The fourth-order valence-electron chi connectivity index (χ4n) is 6.02. The topological polar surface area (TPSA) is 53.4 Å². The van der Waals surface area contributed by atoms with E-state index in [2.05, 4.69) is 24.2 Å². The van der Waals surface area contributed by atoms with Gasteiger partial charge in [0, 0.05) is 25.2 Å². The van der Waals surface area contributed by atoms with E-state index in [0.29, 0.717) is 5.92 Å². The largest absolute Gasteiger partial charge is 0.348 e. The number of benzene rings is 1. The predicted octanol–water partition coefficient (Wildman–Crippen LogP) is 4.22. The summed E-state index contributed by atoms with van der Waals surface area (Å²) >= 11 is 0. The van der Waals surface area contributed by atoms with Gasteiger partial charge in [-0.15, -0.1) is 0 Å². The van der Waals surface area contributed by atoms with Crippen molar-refractivity contribution in [2.75, 3.05) is 13.2 Å². The number of hydrogen-bond acceptors (Lipinski definition) is 4. The van der Waals surface area contributed by atoms with E-state index in [1.165, 1.54) is 28.7 Å². The van der Waals surface area contributed by atoms with Crippen LogP contribution in [0.15, 0.2) is 18.3 Å². The molecule has 1 saturated carbocycles. The molecule has 0 bridgehead atoms. The molecule has 144 valence electrons. The summed E-state index contributed by atoms with van der Waals surface area (Å²) in [6.07, 6.45) is 9.52. The zero-order valence-electron chi connectivity index (χ0n) is 16.3. The maximum atomic E-state index is 11.9. The van der Waals surface area contributed by atoms with Gasteiger partial charge in [0.05, 0.1) is 24.9 Å². The Hall–Kier alpha value is -1.72. The second-order valence-electron chi connectivity index (χ2n) is 8.55. The van der Waals surface area contributed by atoms with Gasteiger partial charge in [0.15, 0.2) is 5.79 Å². The molecule has 0 radical (unpaired) electrons. The van der Waals surface area contributed by atoms with Crippen molar-refractivity contribution in [3.8, 4) is 0 Å². The number of aromatic nitrogens is 2. The molecule has 2 aromatic rings. The number of carbonyl (C=O) groups is 1. The summed E-state index contributed by atoms with van der Waals surface area (Å²) < 4.78 is 13.7. The first kappa shape index (κ1) is 17.4. The van der Waals surface area contributed by atoms with E-state index in [1.807, 2.05) is 6.20 Å². The lowest BCUT2D eigenvalue weighted by atomic mass is 9.59. The van der Waals surface area contributed by atoms with Crippen LogP contribution < -0.4 is 0 Å². The van der Waals surface area contributed by atoms with Gasteiger partial charge in [-0.1, -0.05) is 6.92 Å². The highest BCUT2D eigenvalue weighted by Gasteiger charge is 2.52. The van der Waals surface area contributed by atoms with E-state index in [4.69, 9.17) is 9.47 Å². The Morgan fingerprint density at radius 3 is 2.85 bits per heavy atom. The van der Waals surface area contributed by atoms with Gasteiger partial charge in [0.1, 0.15) is 0 Å². The standard InChI is InChI=1S/C22H28N2O3/c1-3-21-7-8-22(26-9-10-27-22)13-18(21)6-4-5-16-12-20-17(11-19(16)21)14-23-24(20)15(2)25/h11-12,14,18H,3-10,13H2,1-2H3/t18-,21?/m0/s1. The van der Waals surface area contributed by atoms with Crippen molar-refractivity contribution in [1.29, 1.82) is 0 Å². The molecule has 5 heteroatoms. The van der Waals surface area contributed by atoms with Crippen LogP contribution in [0.25, 0.3) is 10.9 Å². The lowest BCUT2D eigenvalue weighted by Crippen LogP contribution is -2.48. The molecule has 1 aromatic carbocycles. The van der Waals surface area contributed by atoms with Crippen molar-refractivity contribution in [2.24, 2.45) is 5.92 Å². The second kappa shape index (κ2) is 6.14. The summed E-state index contributed by atoms with van der Waals surface area (Å²) in [6, 6.07) is 4.55. The Morgan fingerprint density at radius 2 is 2.11 bits per heavy atom. The van der Waals surface area contributed by atoms with Crippen molar-refractivity contribution >= 4 is 16.8 Å². The molecule has 2 heterocycles. The lowest BCUT2D eigenvalue weighted by molar-refractivity contribution is -0.199.